The molecule has 29 heavy (non-hydrogen) atoms. The van der Waals surface area contributed by atoms with Crippen LogP contribution < -0.4 is 10.5 Å². The van der Waals surface area contributed by atoms with Gasteiger partial charge >= 0.3 is 0 Å². The van der Waals surface area contributed by atoms with Crippen LogP contribution >= 0.6 is 11.8 Å². The molecule has 2 heterocycles. The molecule has 0 spiro atoms. The number of H-pyrrole nitrogens is 1. The maximum absolute atomic E-state index is 13.0. The van der Waals surface area contributed by atoms with Crippen LogP contribution in [0.5, 0.6) is 0 Å². The predicted octanol–water partition coefficient (Wildman–Crippen LogP) is 4.46. The van der Waals surface area contributed by atoms with Gasteiger partial charge in [-0.25, -0.2) is 4.98 Å². The number of nitrogens with one attached hydrogen (secondary N) is 1. The number of hydrogen-bond donors (Lipinski definition) is 1. The molecule has 1 unspecified atom stereocenters. The van der Waals surface area contributed by atoms with Crippen LogP contribution in [0.25, 0.3) is 11.0 Å². The molecule has 0 aliphatic carbocycles. The lowest BCUT2D eigenvalue weighted by Gasteiger charge is -2.22. The summed E-state index contributed by atoms with van der Waals surface area (Å²) in [5.41, 5.74) is 3.99. The maximum atomic E-state index is 13.0. The van der Waals surface area contributed by atoms with Crippen LogP contribution in [0.4, 0.5) is 5.69 Å². The molecule has 0 bridgehead atoms. The third-order valence-electron chi connectivity index (χ3n) is 5.07. The van der Waals surface area contributed by atoms with Crippen molar-refractivity contribution >= 4 is 34.4 Å². The fourth-order valence-corrected chi connectivity index (χ4v) is 4.34. The lowest BCUT2D eigenvalue weighted by molar-refractivity contribution is -0.116. The van der Waals surface area contributed by atoms with E-state index in [4.69, 9.17) is 4.98 Å². The van der Waals surface area contributed by atoms with Gasteiger partial charge in [-0.2, -0.15) is 0 Å². The molecule has 154 valence electrons. The summed E-state index contributed by atoms with van der Waals surface area (Å²) in [6, 6.07) is 9.79. The number of aromatic amines is 1. The molecule has 1 aromatic carbocycles. The van der Waals surface area contributed by atoms with Crippen molar-refractivity contribution < 1.29 is 4.79 Å². The van der Waals surface area contributed by atoms with E-state index < -0.39 is 0 Å². The largest absolute Gasteiger partial charge is 0.353 e. The molecule has 3 rings (SSSR count). The summed E-state index contributed by atoms with van der Waals surface area (Å²) < 4.78 is 1.71. The van der Waals surface area contributed by atoms with E-state index in [0.29, 0.717) is 22.7 Å². The first kappa shape index (κ1) is 21.2. The molecule has 3 aromatic rings. The Kier molecular flexibility index (Phi) is 6.47. The maximum Gasteiger partial charge on any atom is 0.278 e. The van der Waals surface area contributed by atoms with E-state index in [9.17, 15) is 9.59 Å². The van der Waals surface area contributed by atoms with Gasteiger partial charge in [0.05, 0.1) is 11.3 Å². The normalized spacial score (nSPS) is 12.3. The molecule has 0 saturated carbocycles. The van der Waals surface area contributed by atoms with Crippen LogP contribution in [-0.2, 0) is 4.79 Å². The zero-order chi connectivity index (χ0) is 21.1. The Balaban J connectivity index is 1.91. The molecular weight excluding hydrogens is 384 g/mol. The van der Waals surface area contributed by atoms with Crippen LogP contribution in [0.2, 0.25) is 0 Å². The van der Waals surface area contributed by atoms with Crippen molar-refractivity contribution in [3.63, 3.8) is 0 Å². The lowest BCUT2D eigenvalue weighted by atomic mass is 10.2. The fraction of sp³-hybridized carbons (Fsp3) is 0.409. The minimum Gasteiger partial charge on any atom is -0.353 e. The second kappa shape index (κ2) is 8.86. The number of thioether (sulfide) groups is 1. The summed E-state index contributed by atoms with van der Waals surface area (Å²) in [5, 5.41) is 0.587. The molecule has 2 aromatic heterocycles. The van der Waals surface area contributed by atoms with E-state index in [2.05, 4.69) is 4.98 Å². The zero-order valence-corrected chi connectivity index (χ0v) is 18.5. The van der Waals surface area contributed by atoms with Gasteiger partial charge in [-0.1, -0.05) is 30.8 Å². The van der Waals surface area contributed by atoms with Crippen molar-refractivity contribution in [3.05, 3.63) is 51.9 Å². The van der Waals surface area contributed by atoms with Gasteiger partial charge in [0.25, 0.3) is 5.56 Å². The highest BCUT2D eigenvalue weighted by Gasteiger charge is 2.20. The van der Waals surface area contributed by atoms with E-state index in [1.807, 2.05) is 65.0 Å². The van der Waals surface area contributed by atoms with Crippen molar-refractivity contribution in [1.82, 2.24) is 14.5 Å². The standard InChI is InChI=1S/C22H28N4O2S/c1-6-16(5)26-21(28)20-18(12-15(4)23-20)24-22(26)29-13-19(27)25(7-2)17-10-8-9-14(3)11-17/h8-12,16,23H,6-7,13H2,1-5H3. The number of amides is 1. The summed E-state index contributed by atoms with van der Waals surface area (Å²) >= 11 is 1.33. The minimum absolute atomic E-state index is 0.000315. The highest BCUT2D eigenvalue weighted by atomic mass is 32.2. The van der Waals surface area contributed by atoms with E-state index >= 15 is 0 Å². The Bertz CT molecular complexity index is 1090. The molecule has 1 atom stereocenters. The van der Waals surface area contributed by atoms with E-state index in [-0.39, 0.29) is 23.3 Å². The quantitative estimate of drug-likeness (QED) is 0.459. The van der Waals surface area contributed by atoms with Crippen LogP contribution in [0, 0.1) is 13.8 Å². The van der Waals surface area contributed by atoms with Crippen LogP contribution in [0.15, 0.2) is 40.3 Å². The van der Waals surface area contributed by atoms with Crippen LogP contribution in [-0.4, -0.2) is 32.7 Å². The summed E-state index contributed by atoms with van der Waals surface area (Å²) in [7, 11) is 0. The van der Waals surface area contributed by atoms with Gasteiger partial charge < -0.3 is 9.88 Å². The molecule has 1 amide bonds. The first-order valence-corrected chi connectivity index (χ1v) is 11.0. The van der Waals surface area contributed by atoms with Crippen molar-refractivity contribution in [2.45, 2.75) is 52.2 Å². The third-order valence-corrected chi connectivity index (χ3v) is 6.01. The third kappa shape index (κ3) is 4.40. The Morgan fingerprint density at radius 2 is 2.03 bits per heavy atom. The number of carbonyl (C=O) groups is 1. The van der Waals surface area contributed by atoms with Gasteiger partial charge in [-0.3, -0.25) is 14.2 Å². The van der Waals surface area contributed by atoms with Gasteiger partial charge in [-0.05, 0) is 57.9 Å². The van der Waals surface area contributed by atoms with Gasteiger partial charge in [-0.15, -0.1) is 0 Å². The smallest absolute Gasteiger partial charge is 0.278 e. The van der Waals surface area contributed by atoms with Crippen LogP contribution in [0.1, 0.15) is 44.5 Å². The lowest BCUT2D eigenvalue weighted by Crippen LogP contribution is -2.33. The molecule has 0 aliphatic rings. The predicted molar refractivity (Wildman–Crippen MR) is 120 cm³/mol. The Hall–Kier alpha value is -2.54. The van der Waals surface area contributed by atoms with E-state index in [1.165, 1.54) is 11.8 Å². The molecule has 7 heteroatoms. The molecule has 0 fully saturated rings. The molecule has 0 saturated heterocycles. The van der Waals surface area contributed by atoms with Gasteiger partial charge in [0.2, 0.25) is 5.91 Å². The first-order valence-electron chi connectivity index (χ1n) is 9.97. The molecule has 0 radical (unpaired) electrons. The Labute approximate surface area is 175 Å². The van der Waals surface area contributed by atoms with E-state index in [0.717, 1.165) is 23.4 Å². The van der Waals surface area contributed by atoms with Crippen LogP contribution in [0.3, 0.4) is 0 Å². The summed E-state index contributed by atoms with van der Waals surface area (Å²) in [5.74, 6) is 0.220. The van der Waals surface area contributed by atoms with Gasteiger partial charge in [0, 0.05) is 24.0 Å². The first-order chi connectivity index (χ1) is 13.8. The van der Waals surface area contributed by atoms with E-state index in [1.54, 1.807) is 9.47 Å². The summed E-state index contributed by atoms with van der Waals surface area (Å²) in [4.78, 5) is 35.6. The second-order valence-electron chi connectivity index (χ2n) is 7.31. The molecule has 6 nitrogen and oxygen atoms in total. The summed E-state index contributed by atoms with van der Waals surface area (Å²) in [6.45, 7) is 10.5. The number of benzene rings is 1. The highest BCUT2D eigenvalue weighted by Crippen LogP contribution is 2.24. The second-order valence-corrected chi connectivity index (χ2v) is 8.25. The van der Waals surface area contributed by atoms with Crippen molar-refractivity contribution in [3.8, 4) is 0 Å². The summed E-state index contributed by atoms with van der Waals surface area (Å²) in [6.07, 6.45) is 0.804. The zero-order valence-electron chi connectivity index (χ0n) is 17.7. The highest BCUT2D eigenvalue weighted by molar-refractivity contribution is 7.99. The Morgan fingerprint density at radius 3 is 2.69 bits per heavy atom. The molecule has 0 aliphatic heterocycles. The monoisotopic (exact) mass is 412 g/mol. The number of nitrogens with zero attached hydrogens (tertiary/aromatic N) is 3. The number of hydrogen-bond acceptors (Lipinski definition) is 4. The van der Waals surface area contributed by atoms with Crippen molar-refractivity contribution in [2.24, 2.45) is 0 Å². The number of aromatic nitrogens is 3. The number of aryl methyl sites for hydroxylation is 2. The van der Waals surface area contributed by atoms with Gasteiger partial charge in [0.15, 0.2) is 5.16 Å². The van der Waals surface area contributed by atoms with Crippen molar-refractivity contribution in [2.75, 3.05) is 17.2 Å². The Morgan fingerprint density at radius 1 is 1.28 bits per heavy atom. The topological polar surface area (TPSA) is 71.0 Å². The number of fused-ring (bicyclic) bond motifs is 1. The number of carbonyl (C=O) groups excluding carboxylic acids is 1. The minimum atomic E-state index is -0.0848. The average Bonchev–Trinajstić information content (AvgIpc) is 3.07. The van der Waals surface area contributed by atoms with Crippen molar-refractivity contribution in [1.29, 1.82) is 0 Å². The number of anilines is 1. The SMILES string of the molecule is CCC(C)n1c(SCC(=O)N(CC)c2cccc(C)c2)nc2cc(C)[nH]c2c1=O. The fourth-order valence-electron chi connectivity index (χ4n) is 3.37. The number of rotatable bonds is 7. The van der Waals surface area contributed by atoms with Gasteiger partial charge in [0.1, 0.15) is 5.52 Å². The molecule has 1 N–H and O–H groups in total. The average molecular weight is 413 g/mol. The molecular formula is C22H28N4O2S.